The summed E-state index contributed by atoms with van der Waals surface area (Å²) in [6, 6.07) is 12.8. The molecule has 0 spiro atoms. The van der Waals surface area contributed by atoms with Crippen molar-refractivity contribution in [1.82, 2.24) is 4.98 Å². The van der Waals surface area contributed by atoms with Gasteiger partial charge in [0.1, 0.15) is 0 Å². The second-order valence-corrected chi connectivity index (χ2v) is 4.09. The average molecular weight is 284 g/mol. The Morgan fingerprint density at radius 1 is 0.789 bits per heavy atom. The lowest BCUT2D eigenvalue weighted by Crippen LogP contribution is -2.04. The fourth-order valence-electron chi connectivity index (χ4n) is 1.95. The second-order valence-electron chi connectivity index (χ2n) is 4.09. The summed E-state index contributed by atoms with van der Waals surface area (Å²) >= 11 is 0. The number of rotatable bonds is 0. The van der Waals surface area contributed by atoms with Crippen molar-refractivity contribution in [1.29, 1.82) is 0 Å². The molecule has 1 heterocycles. The third kappa shape index (κ3) is 2.49. The summed E-state index contributed by atoms with van der Waals surface area (Å²) in [5.74, 6) is 0. The molecular formula is C14H9ClF3N. The highest BCUT2D eigenvalue weighted by Gasteiger charge is 2.30. The summed E-state index contributed by atoms with van der Waals surface area (Å²) in [6.45, 7) is 0. The van der Waals surface area contributed by atoms with E-state index in [-0.39, 0.29) is 12.4 Å². The summed E-state index contributed by atoms with van der Waals surface area (Å²) in [5.41, 5.74) is 0.394. The van der Waals surface area contributed by atoms with Gasteiger partial charge in [0.2, 0.25) is 0 Å². The molecule has 5 heteroatoms. The Balaban J connectivity index is 0.00000133. The van der Waals surface area contributed by atoms with Crippen LogP contribution in [0, 0.1) is 0 Å². The fourth-order valence-corrected chi connectivity index (χ4v) is 1.95. The number of para-hydroxylation sites is 1. The zero-order valence-corrected chi connectivity index (χ0v) is 10.4. The van der Waals surface area contributed by atoms with Crippen LogP contribution in [0.2, 0.25) is 0 Å². The maximum Gasteiger partial charge on any atom is 0.416 e. The van der Waals surface area contributed by atoms with Crippen LogP contribution < -0.4 is 0 Å². The smallest absolute Gasteiger partial charge is 0.248 e. The lowest BCUT2D eigenvalue weighted by atomic mass is 10.1. The molecule has 3 rings (SSSR count). The molecule has 98 valence electrons. The number of benzene rings is 2. The van der Waals surface area contributed by atoms with Gasteiger partial charge < -0.3 is 0 Å². The maximum absolute atomic E-state index is 12.6. The Morgan fingerprint density at radius 3 is 2.21 bits per heavy atom. The first-order valence-corrected chi connectivity index (χ1v) is 5.41. The molecule has 1 aromatic heterocycles. The van der Waals surface area contributed by atoms with Gasteiger partial charge in [0.25, 0.3) is 0 Å². The molecular weight excluding hydrogens is 275 g/mol. The van der Waals surface area contributed by atoms with Crippen molar-refractivity contribution in [2.24, 2.45) is 0 Å². The number of fused-ring (bicyclic) bond motifs is 2. The highest BCUT2D eigenvalue weighted by molar-refractivity contribution is 5.92. The third-order valence-electron chi connectivity index (χ3n) is 2.85. The molecule has 0 N–H and O–H groups in total. The van der Waals surface area contributed by atoms with Crippen molar-refractivity contribution in [2.75, 3.05) is 0 Å². The molecule has 0 saturated carbocycles. The highest BCUT2D eigenvalue weighted by Crippen LogP contribution is 2.31. The van der Waals surface area contributed by atoms with Crippen LogP contribution in [0.25, 0.3) is 21.8 Å². The molecule has 0 bridgehead atoms. The summed E-state index contributed by atoms with van der Waals surface area (Å²) in [4.78, 5) is 4.25. The van der Waals surface area contributed by atoms with Gasteiger partial charge in [0.05, 0.1) is 16.6 Å². The van der Waals surface area contributed by atoms with Crippen LogP contribution in [-0.4, -0.2) is 4.98 Å². The summed E-state index contributed by atoms with van der Waals surface area (Å²) < 4.78 is 37.8. The number of aromatic nitrogens is 1. The number of nitrogens with zero attached hydrogens (tertiary/aromatic N) is 1. The van der Waals surface area contributed by atoms with Crippen molar-refractivity contribution >= 4 is 34.2 Å². The van der Waals surface area contributed by atoms with Crippen LogP contribution in [0.15, 0.2) is 48.5 Å². The van der Waals surface area contributed by atoms with Crippen molar-refractivity contribution in [3.05, 3.63) is 54.1 Å². The maximum atomic E-state index is 12.6. The molecule has 0 aliphatic carbocycles. The van der Waals surface area contributed by atoms with Gasteiger partial charge in [-0.15, -0.1) is 12.4 Å². The molecule has 0 saturated heterocycles. The molecule has 0 aliphatic heterocycles. The molecule has 0 amide bonds. The lowest BCUT2D eigenvalue weighted by Gasteiger charge is -2.08. The first-order chi connectivity index (χ1) is 8.54. The third-order valence-corrected chi connectivity index (χ3v) is 2.85. The first kappa shape index (κ1) is 13.6. The van der Waals surface area contributed by atoms with E-state index >= 15 is 0 Å². The normalized spacial score (nSPS) is 11.5. The van der Waals surface area contributed by atoms with Crippen molar-refractivity contribution < 1.29 is 13.2 Å². The lowest BCUT2D eigenvalue weighted by molar-refractivity contribution is -0.137. The van der Waals surface area contributed by atoms with Crippen LogP contribution in [-0.2, 0) is 6.18 Å². The SMILES string of the molecule is Cl.FC(F)(F)c1ccc2cc3ccccc3nc2c1. The van der Waals surface area contributed by atoms with E-state index in [0.717, 1.165) is 17.5 Å². The Bertz CT molecular complexity index is 737. The fraction of sp³-hybridized carbons (Fsp3) is 0.0714. The van der Waals surface area contributed by atoms with E-state index in [1.54, 1.807) is 6.07 Å². The number of alkyl halides is 3. The van der Waals surface area contributed by atoms with Gasteiger partial charge in [-0.05, 0) is 24.3 Å². The van der Waals surface area contributed by atoms with Gasteiger partial charge in [-0.1, -0.05) is 24.3 Å². The van der Waals surface area contributed by atoms with E-state index in [9.17, 15) is 13.2 Å². The van der Waals surface area contributed by atoms with Crippen LogP contribution in [0.5, 0.6) is 0 Å². The van der Waals surface area contributed by atoms with Crippen molar-refractivity contribution in [3.8, 4) is 0 Å². The monoisotopic (exact) mass is 283 g/mol. The molecule has 0 aliphatic rings. The van der Waals surface area contributed by atoms with Gasteiger partial charge in [0, 0.05) is 10.8 Å². The van der Waals surface area contributed by atoms with E-state index in [4.69, 9.17) is 0 Å². The van der Waals surface area contributed by atoms with Gasteiger partial charge in [-0.25, -0.2) is 4.98 Å². The quantitative estimate of drug-likeness (QED) is 0.539. The van der Waals surface area contributed by atoms with Crippen LogP contribution in [0.1, 0.15) is 5.56 Å². The topological polar surface area (TPSA) is 12.9 Å². The average Bonchev–Trinajstić information content (AvgIpc) is 2.34. The van der Waals surface area contributed by atoms with Gasteiger partial charge in [0.15, 0.2) is 0 Å². The van der Waals surface area contributed by atoms with E-state index in [0.29, 0.717) is 16.4 Å². The van der Waals surface area contributed by atoms with Crippen molar-refractivity contribution in [2.45, 2.75) is 6.18 Å². The minimum Gasteiger partial charge on any atom is -0.248 e. The van der Waals surface area contributed by atoms with Gasteiger partial charge in [-0.2, -0.15) is 13.2 Å². The minimum atomic E-state index is -4.33. The number of hydrogen-bond donors (Lipinski definition) is 0. The number of hydrogen-bond acceptors (Lipinski definition) is 1. The molecule has 0 atom stereocenters. The van der Waals surface area contributed by atoms with E-state index < -0.39 is 11.7 Å². The summed E-state index contributed by atoms with van der Waals surface area (Å²) in [6.07, 6.45) is -4.33. The largest absolute Gasteiger partial charge is 0.416 e. The molecule has 1 nitrogen and oxygen atoms in total. The molecule has 0 unspecified atom stereocenters. The molecule has 0 fully saturated rings. The Kier molecular flexibility index (Phi) is 3.37. The predicted molar refractivity (Wildman–Crippen MR) is 71.5 cm³/mol. The molecule has 0 radical (unpaired) electrons. The van der Waals surface area contributed by atoms with E-state index in [2.05, 4.69) is 4.98 Å². The molecule has 2 aromatic carbocycles. The van der Waals surface area contributed by atoms with Crippen LogP contribution in [0.4, 0.5) is 13.2 Å². The van der Waals surface area contributed by atoms with Crippen LogP contribution in [0.3, 0.4) is 0 Å². The Morgan fingerprint density at radius 2 is 1.47 bits per heavy atom. The zero-order chi connectivity index (χ0) is 12.8. The minimum absolute atomic E-state index is 0. The molecule has 3 aromatic rings. The number of halogens is 4. The number of pyridine rings is 1. The molecule has 19 heavy (non-hydrogen) atoms. The van der Waals surface area contributed by atoms with Gasteiger partial charge in [-0.3, -0.25) is 0 Å². The standard InChI is InChI=1S/C14H8F3N.ClH/c15-14(16,17)11-6-5-10-7-9-3-1-2-4-12(9)18-13(10)8-11;/h1-8H;1H. The Hall–Kier alpha value is -1.81. The highest BCUT2D eigenvalue weighted by atomic mass is 35.5. The second kappa shape index (κ2) is 4.70. The Labute approximate surface area is 113 Å². The summed E-state index contributed by atoms with van der Waals surface area (Å²) in [7, 11) is 0. The van der Waals surface area contributed by atoms with Crippen LogP contribution >= 0.6 is 12.4 Å². The first-order valence-electron chi connectivity index (χ1n) is 5.41. The van der Waals surface area contributed by atoms with Crippen molar-refractivity contribution in [3.63, 3.8) is 0 Å². The predicted octanol–water partition coefficient (Wildman–Crippen LogP) is 4.83. The summed E-state index contributed by atoms with van der Waals surface area (Å²) in [5, 5.41) is 1.63. The van der Waals surface area contributed by atoms with E-state index in [1.165, 1.54) is 6.07 Å². The zero-order valence-electron chi connectivity index (χ0n) is 9.61. The van der Waals surface area contributed by atoms with Gasteiger partial charge >= 0.3 is 6.18 Å². The van der Waals surface area contributed by atoms with E-state index in [1.807, 2.05) is 24.3 Å².